The molecule has 2 aliphatic rings. The fraction of sp³-hybridized carbons (Fsp3) is 0.333. The maximum atomic E-state index is 13.2. The molecule has 0 N–H and O–H groups in total. The maximum absolute atomic E-state index is 13.2. The minimum atomic E-state index is -2.10. The predicted octanol–water partition coefficient (Wildman–Crippen LogP) is 5.05. The van der Waals surface area contributed by atoms with Crippen LogP contribution in [0.3, 0.4) is 0 Å². The van der Waals surface area contributed by atoms with Gasteiger partial charge < -0.3 is 9.64 Å². The lowest BCUT2D eigenvalue weighted by molar-refractivity contribution is 0.0658. The average molecular weight is 454 g/mol. The van der Waals surface area contributed by atoms with Gasteiger partial charge >= 0.3 is 10.1 Å². The average Bonchev–Trinajstić information content (AvgIpc) is 3.09. The van der Waals surface area contributed by atoms with E-state index in [1.807, 2.05) is 29.2 Å². The van der Waals surface area contributed by atoms with Crippen LogP contribution in [0.25, 0.3) is 0 Å². The molecule has 0 aliphatic carbocycles. The quantitative estimate of drug-likeness (QED) is 0.568. The third kappa shape index (κ3) is 4.32. The summed E-state index contributed by atoms with van der Waals surface area (Å²) in [7, 11) is 0. The summed E-state index contributed by atoms with van der Waals surface area (Å²) in [5.74, 6) is -0.0166. The molecule has 0 radical (unpaired) electrons. The van der Waals surface area contributed by atoms with Gasteiger partial charge in [0.1, 0.15) is 0 Å². The van der Waals surface area contributed by atoms with Gasteiger partial charge in [0, 0.05) is 31.2 Å². The van der Waals surface area contributed by atoms with Crippen molar-refractivity contribution in [1.82, 2.24) is 9.80 Å². The third-order valence-electron chi connectivity index (χ3n) is 5.40. The lowest BCUT2D eigenvalue weighted by Gasteiger charge is -2.35. The van der Waals surface area contributed by atoms with Gasteiger partial charge in [-0.3, -0.25) is 9.69 Å². The van der Waals surface area contributed by atoms with E-state index in [1.165, 1.54) is 16.0 Å². The molecule has 2 heterocycles. The first-order valence-corrected chi connectivity index (χ1v) is 10.4. The molecule has 2 aliphatic heterocycles. The van der Waals surface area contributed by atoms with Gasteiger partial charge in [0.25, 0.3) is 5.91 Å². The number of hydrogen-bond donors (Lipinski definition) is 0. The highest BCUT2D eigenvalue weighted by molar-refractivity contribution is 6.66. The van der Waals surface area contributed by atoms with Crippen molar-refractivity contribution in [2.24, 2.45) is 0 Å². The first-order chi connectivity index (χ1) is 13.7. The van der Waals surface area contributed by atoms with Crippen LogP contribution in [0, 0.1) is 0 Å². The van der Waals surface area contributed by atoms with Gasteiger partial charge in [-0.2, -0.15) is 0 Å². The zero-order chi connectivity index (χ0) is 20.8. The molecular formula is C21H19Cl3N2O3. The highest BCUT2D eigenvalue weighted by Crippen LogP contribution is 2.32. The van der Waals surface area contributed by atoms with Crippen molar-refractivity contribution in [2.45, 2.75) is 43.0 Å². The summed E-state index contributed by atoms with van der Waals surface area (Å²) in [5.41, 5.74) is 4.91. The second-order valence-electron chi connectivity index (χ2n) is 7.41. The first kappa shape index (κ1) is 20.3. The number of alkyl halides is 3. The Hall–Kier alpha value is -1.95. The summed E-state index contributed by atoms with van der Waals surface area (Å²) < 4.78 is 2.68. The Morgan fingerprint density at radius 3 is 2.34 bits per heavy atom. The lowest BCUT2D eigenvalue weighted by Crippen LogP contribution is -2.42. The Balaban J connectivity index is 1.50. The second-order valence-corrected chi connectivity index (χ2v) is 9.59. The fourth-order valence-electron chi connectivity index (χ4n) is 3.94. The van der Waals surface area contributed by atoms with E-state index < -0.39 is 10.1 Å². The molecular weight excluding hydrogens is 435 g/mol. The van der Waals surface area contributed by atoms with Crippen LogP contribution in [0.15, 0.2) is 42.5 Å². The van der Waals surface area contributed by atoms with Crippen molar-refractivity contribution in [3.05, 3.63) is 70.3 Å². The van der Waals surface area contributed by atoms with Crippen LogP contribution in [0.5, 0.6) is 0 Å². The van der Waals surface area contributed by atoms with E-state index >= 15 is 0 Å². The Labute approximate surface area is 184 Å². The van der Waals surface area contributed by atoms with Crippen LogP contribution in [0.2, 0.25) is 0 Å². The van der Waals surface area contributed by atoms with E-state index in [9.17, 15) is 9.59 Å². The Morgan fingerprint density at radius 2 is 1.62 bits per heavy atom. The van der Waals surface area contributed by atoms with E-state index in [1.54, 1.807) is 6.07 Å². The number of amides is 2. The maximum Gasteiger partial charge on any atom is 0.413 e. The van der Waals surface area contributed by atoms with Crippen molar-refractivity contribution >= 4 is 46.8 Å². The van der Waals surface area contributed by atoms with E-state index in [0.29, 0.717) is 25.2 Å². The minimum Gasteiger partial charge on any atom is -0.398 e. The number of halogens is 3. The predicted molar refractivity (Wildman–Crippen MR) is 112 cm³/mol. The molecule has 2 aromatic carbocycles. The van der Waals surface area contributed by atoms with Crippen LogP contribution in [-0.4, -0.2) is 31.8 Å². The summed E-state index contributed by atoms with van der Waals surface area (Å²) in [6.07, 6.45) is 0.124. The number of rotatable bonds is 1. The molecule has 0 saturated heterocycles. The van der Waals surface area contributed by atoms with Gasteiger partial charge in [0.15, 0.2) is 0 Å². The smallest absolute Gasteiger partial charge is 0.398 e. The lowest BCUT2D eigenvalue weighted by atomic mass is 9.94. The molecule has 5 nitrogen and oxygen atoms in total. The van der Waals surface area contributed by atoms with Crippen molar-refractivity contribution in [1.29, 1.82) is 0 Å². The normalized spacial score (nSPS) is 18.3. The van der Waals surface area contributed by atoms with Crippen LogP contribution in [-0.2, 0) is 30.8 Å². The number of fused-ring (bicyclic) bond motifs is 2. The highest BCUT2D eigenvalue weighted by Gasteiger charge is 2.33. The molecule has 1 atom stereocenters. The summed E-state index contributed by atoms with van der Waals surface area (Å²) in [5, 5.41) is 0. The SMILES string of the molecule is C[C@@H]1Cc2ccccc2CN1C(=O)c1ccc2c(c1)CN(C(=O)OC(Cl)(Cl)Cl)C2. The zero-order valence-corrected chi connectivity index (χ0v) is 18.0. The van der Waals surface area contributed by atoms with Crippen LogP contribution < -0.4 is 0 Å². The van der Waals surface area contributed by atoms with Crippen LogP contribution >= 0.6 is 34.8 Å². The van der Waals surface area contributed by atoms with Crippen molar-refractivity contribution in [3.63, 3.8) is 0 Å². The first-order valence-electron chi connectivity index (χ1n) is 9.25. The van der Waals surface area contributed by atoms with E-state index in [4.69, 9.17) is 39.5 Å². The van der Waals surface area contributed by atoms with Crippen molar-refractivity contribution in [3.8, 4) is 0 Å². The second kappa shape index (κ2) is 7.71. The molecule has 2 amide bonds. The molecule has 2 aromatic rings. The van der Waals surface area contributed by atoms with Gasteiger partial charge in [0.05, 0.1) is 0 Å². The third-order valence-corrected chi connectivity index (χ3v) is 5.64. The minimum absolute atomic E-state index is 0.0166. The van der Waals surface area contributed by atoms with Gasteiger partial charge in [-0.15, -0.1) is 0 Å². The summed E-state index contributed by atoms with van der Waals surface area (Å²) in [6.45, 7) is 3.30. The van der Waals surface area contributed by atoms with Gasteiger partial charge in [0.2, 0.25) is 0 Å². The number of benzene rings is 2. The molecule has 0 fully saturated rings. The monoisotopic (exact) mass is 452 g/mol. The van der Waals surface area contributed by atoms with Gasteiger partial charge in [-0.1, -0.05) is 30.3 Å². The number of carbonyl (C=O) groups is 2. The summed E-state index contributed by atoms with van der Waals surface area (Å²) in [4.78, 5) is 28.6. The summed E-state index contributed by atoms with van der Waals surface area (Å²) in [6, 6.07) is 13.8. The molecule has 0 aromatic heterocycles. The molecule has 152 valence electrons. The summed E-state index contributed by atoms with van der Waals surface area (Å²) >= 11 is 16.6. The molecule has 0 bridgehead atoms. The molecule has 4 rings (SSSR count). The Morgan fingerprint density at radius 1 is 0.966 bits per heavy atom. The number of ether oxygens (including phenoxy) is 1. The van der Waals surface area contributed by atoms with Crippen molar-refractivity contribution in [2.75, 3.05) is 0 Å². The Kier molecular flexibility index (Phi) is 5.40. The number of nitrogens with zero attached hydrogens (tertiary/aromatic N) is 2. The van der Waals surface area contributed by atoms with Gasteiger partial charge in [-0.25, -0.2) is 4.79 Å². The van der Waals surface area contributed by atoms with Gasteiger partial charge in [-0.05, 0) is 82.5 Å². The van der Waals surface area contributed by atoms with Crippen molar-refractivity contribution < 1.29 is 14.3 Å². The van der Waals surface area contributed by atoms with E-state index in [2.05, 4.69) is 19.1 Å². The highest BCUT2D eigenvalue weighted by atomic mass is 35.6. The number of carbonyl (C=O) groups excluding carboxylic acids is 2. The molecule has 29 heavy (non-hydrogen) atoms. The van der Waals surface area contributed by atoms with Crippen LogP contribution in [0.1, 0.15) is 39.5 Å². The molecule has 0 spiro atoms. The number of hydrogen-bond acceptors (Lipinski definition) is 3. The molecule has 8 heteroatoms. The molecule has 0 unspecified atom stereocenters. The largest absolute Gasteiger partial charge is 0.413 e. The fourth-order valence-corrected chi connectivity index (χ4v) is 4.13. The standard InChI is InChI=1S/C21H19Cl3N2O3/c1-13-8-14-4-2-3-5-16(14)12-26(13)19(27)15-6-7-17-10-25(11-18(17)9-15)20(28)29-21(22,23)24/h2-7,9,13H,8,10-12H2,1H3/t13-/m1/s1. The Bertz CT molecular complexity index is 974. The topological polar surface area (TPSA) is 49.9 Å². The zero-order valence-electron chi connectivity index (χ0n) is 15.7. The molecule has 0 saturated carbocycles. The van der Waals surface area contributed by atoms with E-state index in [-0.39, 0.29) is 11.9 Å². The van der Waals surface area contributed by atoms with E-state index in [0.717, 1.165) is 17.5 Å². The van der Waals surface area contributed by atoms with Crippen LogP contribution in [0.4, 0.5) is 4.79 Å².